The minimum atomic E-state index is -1.47. The van der Waals surface area contributed by atoms with Crippen molar-refractivity contribution in [2.45, 2.75) is 93.6 Å². The van der Waals surface area contributed by atoms with Crippen molar-refractivity contribution in [3.8, 4) is 0 Å². The highest BCUT2D eigenvalue weighted by atomic mass is 16.7. The lowest BCUT2D eigenvalue weighted by Crippen LogP contribution is -2.68. The van der Waals surface area contributed by atoms with Crippen molar-refractivity contribution in [3.63, 3.8) is 0 Å². The number of anilines is 1. The summed E-state index contributed by atoms with van der Waals surface area (Å²) >= 11 is 0. The summed E-state index contributed by atoms with van der Waals surface area (Å²) < 4.78 is 11.2. The van der Waals surface area contributed by atoms with E-state index in [1.165, 1.54) is 6.42 Å². The van der Waals surface area contributed by atoms with Crippen LogP contribution in [0.2, 0.25) is 0 Å². The molecule has 2 aliphatic rings. The average Bonchev–Trinajstić information content (AvgIpc) is 2.92. The Morgan fingerprint density at radius 3 is 2.42 bits per heavy atom. The van der Waals surface area contributed by atoms with Gasteiger partial charge in [0.25, 0.3) is 0 Å². The van der Waals surface area contributed by atoms with Gasteiger partial charge in [0.1, 0.15) is 36.6 Å². The van der Waals surface area contributed by atoms with E-state index in [4.69, 9.17) is 38.1 Å². The number of nitrogen functional groups attached to an aromatic ring is 1. The molecular weight excluding hydrogens is 522 g/mol. The molecule has 0 bridgehead atoms. The summed E-state index contributed by atoms with van der Waals surface area (Å²) in [5, 5.41) is 47.2. The summed E-state index contributed by atoms with van der Waals surface area (Å²) in [5.74, 6) is -0.362. The fourth-order valence-corrected chi connectivity index (χ4v) is 4.72. The quantitative estimate of drug-likeness (QED) is 0.0899. The highest BCUT2D eigenvalue weighted by Crippen LogP contribution is 2.27. The van der Waals surface area contributed by atoms with E-state index in [2.05, 4.69) is 17.6 Å². The van der Waals surface area contributed by atoms with Crippen LogP contribution in [0.15, 0.2) is 24.3 Å². The maximum atomic E-state index is 12.4. The predicted molar refractivity (Wildman–Crippen MR) is 151 cm³/mol. The molecule has 10 unspecified atom stereocenters. The molecule has 1 aromatic rings. The lowest BCUT2D eigenvalue weighted by Gasteiger charge is -2.46. The number of carbonyl (C=O) groups excluding carboxylic acids is 1. The van der Waals surface area contributed by atoms with Crippen molar-refractivity contribution >= 4 is 11.6 Å². The number of aliphatic hydroxyl groups excluding tert-OH is 4. The monoisotopic (exact) mass is 571 g/mol. The van der Waals surface area contributed by atoms with Crippen LogP contribution in [-0.2, 0) is 20.7 Å². The second-order valence-corrected chi connectivity index (χ2v) is 10.3. The SMILES string of the molecule is CCNCCCCN.NCC1OC(OC2C(N)CC(NC(=O)Cc3cccc(N)c3)C(O)C2O)C(N)C(O)C1O. The number of ether oxygens (including phenoxy) is 2. The van der Waals surface area contributed by atoms with Crippen LogP contribution in [0.4, 0.5) is 5.69 Å². The van der Waals surface area contributed by atoms with Gasteiger partial charge in [0, 0.05) is 18.3 Å². The van der Waals surface area contributed by atoms with Crippen molar-refractivity contribution in [1.82, 2.24) is 10.6 Å². The zero-order chi connectivity index (χ0) is 29.8. The number of hydrogen-bond donors (Lipinski definition) is 11. The van der Waals surface area contributed by atoms with Crippen LogP contribution >= 0.6 is 0 Å². The second kappa shape index (κ2) is 17.1. The van der Waals surface area contributed by atoms with Crippen LogP contribution in [0.25, 0.3) is 0 Å². The molecule has 1 heterocycles. The standard InChI is InChI=1S/C20H33N5O7.C6H16N2/c21-7-12-16(28)17(29)14(24)20(31-12)32-19-10(23)6-11(15(27)18(19)30)25-13(26)5-8-2-1-3-9(22)4-8;1-2-8-6-4-3-5-7/h1-4,10-12,14-20,27-30H,5-7,21-24H2,(H,25,26);8H,2-7H2,1H3. The number of nitrogens with one attached hydrogen (secondary N) is 2. The Labute approximate surface area is 235 Å². The van der Waals surface area contributed by atoms with E-state index < -0.39 is 61.0 Å². The van der Waals surface area contributed by atoms with Gasteiger partial charge in [0.05, 0.1) is 18.5 Å². The van der Waals surface area contributed by atoms with E-state index in [1.54, 1.807) is 24.3 Å². The minimum absolute atomic E-state index is 0.0466. The summed E-state index contributed by atoms with van der Waals surface area (Å²) in [6.45, 7) is 5.04. The number of carbonyl (C=O) groups is 1. The fraction of sp³-hybridized carbons (Fsp3) is 0.731. The van der Waals surface area contributed by atoms with E-state index in [0.29, 0.717) is 11.3 Å². The van der Waals surface area contributed by atoms with Gasteiger partial charge in [-0.1, -0.05) is 19.1 Å². The van der Waals surface area contributed by atoms with E-state index in [-0.39, 0.29) is 25.3 Å². The van der Waals surface area contributed by atoms with E-state index in [1.807, 2.05) is 0 Å². The Morgan fingerprint density at radius 2 is 1.80 bits per heavy atom. The first kappa shape index (κ1) is 34.3. The van der Waals surface area contributed by atoms with Crippen molar-refractivity contribution in [2.75, 3.05) is 31.9 Å². The third-order valence-electron chi connectivity index (χ3n) is 7.04. The zero-order valence-electron chi connectivity index (χ0n) is 23.1. The normalized spacial score (nSPS) is 34.0. The number of hydrogen-bond acceptors (Lipinski definition) is 13. The van der Waals surface area contributed by atoms with Gasteiger partial charge in [-0.15, -0.1) is 0 Å². The van der Waals surface area contributed by atoms with E-state index in [0.717, 1.165) is 26.1 Å². The van der Waals surface area contributed by atoms with Gasteiger partial charge in [0.15, 0.2) is 6.29 Å². The Hall–Kier alpha value is -1.95. The predicted octanol–water partition coefficient (Wildman–Crippen LogP) is -3.80. The van der Waals surface area contributed by atoms with Crippen molar-refractivity contribution < 1.29 is 34.7 Å². The molecule has 0 spiro atoms. The molecule has 10 atom stereocenters. The molecule has 1 aliphatic heterocycles. The van der Waals surface area contributed by atoms with Crippen molar-refractivity contribution in [1.29, 1.82) is 0 Å². The third kappa shape index (κ3) is 9.85. The first-order valence-corrected chi connectivity index (χ1v) is 13.8. The third-order valence-corrected chi connectivity index (χ3v) is 7.04. The molecule has 16 N–H and O–H groups in total. The van der Waals surface area contributed by atoms with E-state index >= 15 is 0 Å². The number of unbranched alkanes of at least 4 members (excludes halogenated alkanes) is 1. The lowest BCUT2D eigenvalue weighted by atomic mass is 9.84. The molecular formula is C26H49N7O7. The number of benzene rings is 1. The van der Waals surface area contributed by atoms with Crippen molar-refractivity contribution in [3.05, 3.63) is 29.8 Å². The zero-order valence-corrected chi connectivity index (χ0v) is 23.1. The van der Waals surface area contributed by atoms with Gasteiger partial charge in [-0.25, -0.2) is 0 Å². The highest BCUT2D eigenvalue weighted by Gasteiger charge is 2.48. The van der Waals surface area contributed by atoms with Gasteiger partial charge in [-0.05, 0) is 56.6 Å². The van der Waals surface area contributed by atoms with Crippen LogP contribution in [0.5, 0.6) is 0 Å². The smallest absolute Gasteiger partial charge is 0.224 e. The number of rotatable bonds is 11. The Kier molecular flexibility index (Phi) is 14.7. The summed E-state index contributed by atoms with van der Waals surface area (Å²) in [6, 6.07) is 4.15. The molecule has 14 heteroatoms. The molecule has 2 fully saturated rings. The minimum Gasteiger partial charge on any atom is -0.399 e. The first-order chi connectivity index (χ1) is 19.0. The summed E-state index contributed by atoms with van der Waals surface area (Å²) in [5.41, 5.74) is 29.9. The number of nitrogens with two attached hydrogens (primary N) is 5. The van der Waals surface area contributed by atoms with Gasteiger partial charge in [0.2, 0.25) is 5.91 Å². The summed E-state index contributed by atoms with van der Waals surface area (Å²) in [7, 11) is 0. The van der Waals surface area contributed by atoms with Crippen LogP contribution in [0.1, 0.15) is 31.7 Å². The van der Waals surface area contributed by atoms with Crippen LogP contribution in [0.3, 0.4) is 0 Å². The van der Waals surface area contributed by atoms with Gasteiger partial charge < -0.3 is 69.2 Å². The second-order valence-electron chi connectivity index (χ2n) is 10.3. The Morgan fingerprint density at radius 1 is 1.07 bits per heavy atom. The van der Waals surface area contributed by atoms with Gasteiger partial charge in [-0.2, -0.15) is 0 Å². The van der Waals surface area contributed by atoms with Crippen LogP contribution in [-0.4, -0.2) is 114 Å². The molecule has 14 nitrogen and oxygen atoms in total. The molecule has 230 valence electrons. The van der Waals surface area contributed by atoms with Crippen LogP contribution < -0.4 is 39.3 Å². The topological polar surface area (TPSA) is 271 Å². The number of aliphatic hydroxyl groups is 4. The maximum absolute atomic E-state index is 12.4. The maximum Gasteiger partial charge on any atom is 0.224 e. The molecule has 0 aromatic heterocycles. The molecule has 0 radical (unpaired) electrons. The fourth-order valence-electron chi connectivity index (χ4n) is 4.72. The number of amides is 1. The lowest BCUT2D eigenvalue weighted by molar-refractivity contribution is -0.288. The highest BCUT2D eigenvalue weighted by molar-refractivity contribution is 5.79. The molecule has 3 rings (SSSR count). The largest absolute Gasteiger partial charge is 0.399 e. The molecule has 1 aromatic carbocycles. The summed E-state index contributed by atoms with van der Waals surface area (Å²) in [4.78, 5) is 12.4. The molecule has 40 heavy (non-hydrogen) atoms. The van der Waals surface area contributed by atoms with Gasteiger partial charge in [-0.3, -0.25) is 4.79 Å². The molecule has 1 saturated carbocycles. The Bertz CT molecular complexity index is 878. The molecule has 1 amide bonds. The molecule has 1 aliphatic carbocycles. The average molecular weight is 572 g/mol. The first-order valence-electron chi connectivity index (χ1n) is 13.8. The van der Waals surface area contributed by atoms with Gasteiger partial charge >= 0.3 is 0 Å². The van der Waals surface area contributed by atoms with Crippen LogP contribution in [0, 0.1) is 0 Å². The van der Waals surface area contributed by atoms with E-state index in [9.17, 15) is 25.2 Å². The Balaban J connectivity index is 0.000000611. The van der Waals surface area contributed by atoms with Crippen molar-refractivity contribution in [2.24, 2.45) is 22.9 Å². The molecule has 1 saturated heterocycles. The summed E-state index contributed by atoms with van der Waals surface area (Å²) in [6.07, 6.45) is -6.19.